The first-order valence-corrected chi connectivity index (χ1v) is 4.23. The lowest BCUT2D eigenvalue weighted by atomic mass is 10.3. The third-order valence-corrected chi connectivity index (χ3v) is 1.70. The zero-order valence-corrected chi connectivity index (χ0v) is 10.4. The first-order chi connectivity index (χ1) is 5.22. The van der Waals surface area contributed by atoms with E-state index in [0.29, 0.717) is 18.2 Å². The van der Waals surface area contributed by atoms with Gasteiger partial charge in [-0.25, -0.2) is 0 Å². The average Bonchev–Trinajstić information content (AvgIpc) is 2.00. The molecule has 0 spiro atoms. The maximum absolute atomic E-state index is 5.25. The van der Waals surface area contributed by atoms with E-state index in [0.717, 1.165) is 6.54 Å². The molecule has 0 aromatic rings. The Morgan fingerprint density at radius 3 is 2.46 bits per heavy atom. The molecule has 3 nitrogen and oxygen atoms in total. The molecule has 0 bridgehead atoms. The van der Waals surface area contributed by atoms with Crippen LogP contribution in [0.5, 0.6) is 0 Å². The van der Waals surface area contributed by atoms with Crippen LogP contribution in [0.1, 0.15) is 13.8 Å². The molecule has 0 aliphatic rings. The summed E-state index contributed by atoms with van der Waals surface area (Å²) in [7, 11) is 0. The molecule has 0 rings (SSSR count). The Kier molecular flexibility index (Phi) is 18.1. The van der Waals surface area contributed by atoms with Crippen molar-refractivity contribution in [1.82, 2.24) is 5.32 Å². The Bertz CT molecular complexity index is 127. The Morgan fingerprint density at radius 1 is 1.54 bits per heavy atom. The van der Waals surface area contributed by atoms with Gasteiger partial charge in [0.05, 0.1) is 6.04 Å². The molecule has 0 heterocycles. The summed E-state index contributed by atoms with van der Waals surface area (Å²) in [6.07, 6.45) is 0. The van der Waals surface area contributed by atoms with Crippen molar-refractivity contribution in [2.24, 2.45) is 5.73 Å². The Morgan fingerprint density at radius 2 is 2.08 bits per heavy atom. The van der Waals surface area contributed by atoms with Crippen molar-refractivity contribution in [2.45, 2.75) is 19.9 Å². The molecule has 1 atom stereocenters. The second-order valence-electron chi connectivity index (χ2n) is 2.24. The van der Waals surface area contributed by atoms with Crippen LogP contribution in [-0.2, 0) is 4.74 Å². The normalized spacial score (nSPS) is 10.7. The van der Waals surface area contributed by atoms with Gasteiger partial charge >= 0.3 is 0 Å². The van der Waals surface area contributed by atoms with Gasteiger partial charge in [0.25, 0.3) is 0 Å². The van der Waals surface area contributed by atoms with Crippen LogP contribution in [0, 0.1) is 0 Å². The molecular formula is C7H18Cl2N2OS. The number of hydrogen-bond acceptors (Lipinski definition) is 4. The number of likely N-dealkylation sites (N-methyl/N-ethyl adjacent to an activating group) is 1. The molecule has 0 aliphatic heterocycles. The Labute approximate surface area is 97.6 Å². The van der Waals surface area contributed by atoms with Crippen molar-refractivity contribution in [3.63, 3.8) is 0 Å². The highest BCUT2D eigenvalue weighted by atomic mass is 35.5. The highest BCUT2D eigenvalue weighted by Gasteiger charge is 2.06. The van der Waals surface area contributed by atoms with E-state index in [-0.39, 0.29) is 30.9 Å². The van der Waals surface area contributed by atoms with E-state index in [4.69, 9.17) is 22.7 Å². The van der Waals surface area contributed by atoms with Crippen LogP contribution in [0.3, 0.4) is 0 Å². The lowest BCUT2D eigenvalue weighted by Gasteiger charge is -2.13. The first-order valence-electron chi connectivity index (χ1n) is 3.82. The highest BCUT2D eigenvalue weighted by molar-refractivity contribution is 7.80. The number of nitrogens with two attached hydrogens (primary N) is 1. The highest BCUT2D eigenvalue weighted by Crippen LogP contribution is 1.89. The number of thiocarbonyl (C=S) groups is 1. The zero-order chi connectivity index (χ0) is 8.69. The molecule has 0 unspecified atom stereocenters. The average molecular weight is 249 g/mol. The van der Waals surface area contributed by atoms with Crippen molar-refractivity contribution in [1.29, 1.82) is 0 Å². The molecule has 0 amide bonds. The van der Waals surface area contributed by atoms with Gasteiger partial charge in [0.15, 0.2) is 5.05 Å². The molecule has 0 saturated carbocycles. The molecule has 3 N–H and O–H groups in total. The number of rotatable bonds is 5. The van der Waals surface area contributed by atoms with Crippen molar-refractivity contribution >= 4 is 42.1 Å². The summed E-state index contributed by atoms with van der Waals surface area (Å²) in [5.41, 5.74) is 5.25. The number of ether oxygens (including phenoxy) is 1. The van der Waals surface area contributed by atoms with Gasteiger partial charge in [0.1, 0.15) is 6.61 Å². The maximum Gasteiger partial charge on any atom is 0.176 e. The number of nitrogens with one attached hydrogen (secondary N) is 1. The van der Waals surface area contributed by atoms with Crippen LogP contribution in [0.25, 0.3) is 0 Å². The van der Waals surface area contributed by atoms with E-state index >= 15 is 0 Å². The van der Waals surface area contributed by atoms with E-state index in [1.807, 2.05) is 13.8 Å². The van der Waals surface area contributed by atoms with Gasteiger partial charge in [-0.3, -0.25) is 0 Å². The summed E-state index contributed by atoms with van der Waals surface area (Å²) < 4.78 is 5.15. The number of hydrogen-bond donors (Lipinski definition) is 2. The van der Waals surface area contributed by atoms with E-state index in [9.17, 15) is 0 Å². The van der Waals surface area contributed by atoms with Gasteiger partial charge in [-0.2, -0.15) is 0 Å². The van der Waals surface area contributed by atoms with E-state index in [1.54, 1.807) is 0 Å². The fourth-order valence-electron chi connectivity index (χ4n) is 0.674. The largest absolute Gasteiger partial charge is 0.484 e. The van der Waals surface area contributed by atoms with Gasteiger partial charge in [0, 0.05) is 6.54 Å². The third kappa shape index (κ3) is 10.3. The van der Waals surface area contributed by atoms with Crippen LogP contribution in [-0.4, -0.2) is 30.8 Å². The van der Waals surface area contributed by atoms with Crippen LogP contribution in [0.4, 0.5) is 0 Å². The second kappa shape index (κ2) is 12.4. The first kappa shape index (κ1) is 19.0. The third-order valence-electron chi connectivity index (χ3n) is 1.23. The topological polar surface area (TPSA) is 47.3 Å². The van der Waals surface area contributed by atoms with Gasteiger partial charge in [0.2, 0.25) is 0 Å². The molecule has 0 radical (unpaired) electrons. The van der Waals surface area contributed by atoms with E-state index in [2.05, 4.69) is 5.32 Å². The van der Waals surface area contributed by atoms with Crippen molar-refractivity contribution in [3.05, 3.63) is 0 Å². The molecule has 0 fully saturated rings. The summed E-state index contributed by atoms with van der Waals surface area (Å²) in [5.74, 6) is 0. The van der Waals surface area contributed by atoms with Crippen LogP contribution >= 0.6 is 37.0 Å². The summed E-state index contributed by atoms with van der Waals surface area (Å²) in [5, 5.41) is 3.74. The molecule has 0 aromatic carbocycles. The molecule has 0 saturated heterocycles. The quantitative estimate of drug-likeness (QED) is 0.717. The Hall–Kier alpha value is 0.390. The van der Waals surface area contributed by atoms with Gasteiger partial charge in [-0.1, -0.05) is 6.92 Å². The van der Waals surface area contributed by atoms with Gasteiger partial charge < -0.3 is 15.8 Å². The van der Waals surface area contributed by atoms with Gasteiger partial charge in [-0.05, 0) is 25.7 Å². The minimum atomic E-state index is 0. The lowest BCUT2D eigenvalue weighted by Crippen LogP contribution is -2.34. The standard InChI is InChI=1S/C7H16N2OS.2ClH/c1-3-9-6(2)7(11)10-5-4-8;;/h6,9H,3-5,8H2,1-2H3;2*1H/t6-;;/m0../s1. The predicted molar refractivity (Wildman–Crippen MR) is 65.2 cm³/mol. The fourth-order valence-corrected chi connectivity index (χ4v) is 0.841. The summed E-state index contributed by atoms with van der Waals surface area (Å²) >= 11 is 4.97. The van der Waals surface area contributed by atoms with Crippen LogP contribution in [0.15, 0.2) is 0 Å². The minimum Gasteiger partial charge on any atom is -0.484 e. The fraction of sp³-hybridized carbons (Fsp3) is 0.857. The zero-order valence-electron chi connectivity index (χ0n) is 7.91. The SMILES string of the molecule is CCN[C@@H](C)C(=S)OCCN.Cl.Cl. The molecule has 13 heavy (non-hydrogen) atoms. The van der Waals surface area contributed by atoms with E-state index < -0.39 is 0 Å². The number of halogens is 2. The molecule has 0 aromatic heterocycles. The van der Waals surface area contributed by atoms with Crippen LogP contribution < -0.4 is 11.1 Å². The van der Waals surface area contributed by atoms with Crippen LogP contribution in [0.2, 0.25) is 0 Å². The smallest absolute Gasteiger partial charge is 0.176 e. The summed E-state index contributed by atoms with van der Waals surface area (Å²) in [6, 6.07) is 0.140. The van der Waals surface area contributed by atoms with Crippen molar-refractivity contribution < 1.29 is 4.74 Å². The molecule has 82 valence electrons. The Balaban J connectivity index is -0.000000500. The molecular weight excluding hydrogens is 231 g/mol. The van der Waals surface area contributed by atoms with Gasteiger partial charge in [-0.15, -0.1) is 24.8 Å². The molecule has 0 aliphatic carbocycles. The van der Waals surface area contributed by atoms with E-state index in [1.165, 1.54) is 0 Å². The van der Waals surface area contributed by atoms with Crippen molar-refractivity contribution in [2.75, 3.05) is 19.7 Å². The second-order valence-corrected chi connectivity index (χ2v) is 2.64. The minimum absolute atomic E-state index is 0. The van der Waals surface area contributed by atoms with Crippen molar-refractivity contribution in [3.8, 4) is 0 Å². The molecule has 6 heteroatoms. The summed E-state index contributed by atoms with van der Waals surface area (Å²) in [6.45, 7) is 5.92. The monoisotopic (exact) mass is 248 g/mol. The summed E-state index contributed by atoms with van der Waals surface area (Å²) in [4.78, 5) is 0. The lowest BCUT2D eigenvalue weighted by molar-refractivity contribution is 0.306. The predicted octanol–water partition coefficient (Wildman–Crippen LogP) is 1.13. The maximum atomic E-state index is 5.25.